The molecule has 2 aliphatic heterocycles. The van der Waals surface area contributed by atoms with E-state index in [1.165, 1.54) is 0 Å². The van der Waals surface area contributed by atoms with Crippen molar-refractivity contribution in [1.82, 2.24) is 14.5 Å². The van der Waals surface area contributed by atoms with Gasteiger partial charge in [-0.1, -0.05) is 6.07 Å². The second-order valence-electron chi connectivity index (χ2n) is 7.29. The van der Waals surface area contributed by atoms with Gasteiger partial charge in [0.2, 0.25) is 0 Å². The number of amides is 1. The highest BCUT2D eigenvalue weighted by Crippen LogP contribution is 2.42. The monoisotopic (exact) mass is 403 g/mol. The van der Waals surface area contributed by atoms with Crippen molar-refractivity contribution in [1.29, 1.82) is 0 Å². The number of aromatic nitrogens is 2. The van der Waals surface area contributed by atoms with Crippen LogP contribution in [0.3, 0.4) is 0 Å². The van der Waals surface area contributed by atoms with Gasteiger partial charge in [-0.25, -0.2) is 9.78 Å². The maximum Gasteiger partial charge on any atom is 0.359 e. The lowest BCUT2D eigenvalue weighted by Gasteiger charge is -2.39. The second-order valence-corrected chi connectivity index (χ2v) is 8.14. The molecule has 1 fully saturated rings. The lowest BCUT2D eigenvalue weighted by Crippen LogP contribution is -2.45. The van der Waals surface area contributed by atoms with E-state index in [-0.39, 0.29) is 17.6 Å². The van der Waals surface area contributed by atoms with Crippen LogP contribution in [0.15, 0.2) is 29.0 Å². The minimum absolute atomic E-state index is 0.0300. The molecule has 1 amide bonds. The van der Waals surface area contributed by atoms with Crippen LogP contribution in [-0.4, -0.2) is 38.5 Å². The number of carbonyl (C=O) groups excluding carboxylic acids is 2. The third-order valence-electron chi connectivity index (χ3n) is 4.46. The summed E-state index contributed by atoms with van der Waals surface area (Å²) >= 11 is 3.48. The minimum atomic E-state index is -0.603. The molecule has 2 aliphatic rings. The summed E-state index contributed by atoms with van der Waals surface area (Å²) in [6, 6.07) is 5.43. The van der Waals surface area contributed by atoms with Crippen LogP contribution in [0.1, 0.15) is 59.8 Å². The van der Waals surface area contributed by atoms with E-state index in [9.17, 15) is 9.59 Å². The Balaban J connectivity index is 1.90. The van der Waals surface area contributed by atoms with Crippen molar-refractivity contribution in [2.75, 3.05) is 6.54 Å². The van der Waals surface area contributed by atoms with Gasteiger partial charge in [-0.2, -0.15) is 0 Å². The Bertz CT molecular complexity index is 897. The first-order valence-electron chi connectivity index (χ1n) is 8.18. The van der Waals surface area contributed by atoms with Crippen molar-refractivity contribution in [3.05, 3.63) is 46.0 Å². The Labute approximate surface area is 153 Å². The third-order valence-corrected chi connectivity index (χ3v) is 5.12. The zero-order chi connectivity index (χ0) is 17.9. The minimum Gasteiger partial charge on any atom is -0.455 e. The van der Waals surface area contributed by atoms with E-state index < -0.39 is 11.6 Å². The Morgan fingerprint density at radius 1 is 1.36 bits per heavy atom. The van der Waals surface area contributed by atoms with Crippen molar-refractivity contribution in [3.63, 3.8) is 0 Å². The lowest BCUT2D eigenvalue weighted by atomic mass is 9.97. The van der Waals surface area contributed by atoms with E-state index in [1.54, 1.807) is 11.2 Å². The molecule has 7 heteroatoms. The molecule has 6 nitrogen and oxygen atoms in total. The summed E-state index contributed by atoms with van der Waals surface area (Å²) in [5.74, 6) is -0.489. The molecule has 0 radical (unpaired) electrons. The maximum atomic E-state index is 12.9. The molecule has 1 aromatic carbocycles. The predicted octanol–water partition coefficient (Wildman–Crippen LogP) is 3.49. The largest absolute Gasteiger partial charge is 0.455 e. The van der Waals surface area contributed by atoms with Gasteiger partial charge in [-0.05, 0) is 55.3 Å². The smallest absolute Gasteiger partial charge is 0.359 e. The number of benzene rings is 1. The Morgan fingerprint density at radius 2 is 2.12 bits per heavy atom. The fraction of sp³-hybridized carbons (Fsp3) is 0.389. The maximum absolute atomic E-state index is 12.9. The van der Waals surface area contributed by atoms with Gasteiger partial charge in [-0.3, -0.25) is 9.36 Å². The van der Waals surface area contributed by atoms with Crippen LogP contribution in [0.5, 0.6) is 0 Å². The normalized spacial score (nSPS) is 18.6. The van der Waals surface area contributed by atoms with Gasteiger partial charge in [0.15, 0.2) is 5.69 Å². The molecule has 0 unspecified atom stereocenters. The summed E-state index contributed by atoms with van der Waals surface area (Å²) in [5.41, 5.74) is 1.73. The standard InChI is InChI=1S/C18H18BrN3O3/c1-18(2,3)25-17(24)14-15-12-7-8-21(12)16(23)13-10(19)5-4-6-11(13)22(15)9-20-14/h4-6,9,12H,7-8H2,1-3H3/t12-/m0/s1. The van der Waals surface area contributed by atoms with E-state index in [0.29, 0.717) is 12.1 Å². The number of hydrogen-bond donors (Lipinski definition) is 0. The Morgan fingerprint density at radius 3 is 2.76 bits per heavy atom. The SMILES string of the molecule is CC(C)(C)OC(=O)c1ncn2c1[C@@H]1CCN1C(=O)c1c(Br)cccc1-2. The van der Waals surface area contributed by atoms with Gasteiger partial charge in [-0.15, -0.1) is 0 Å². The van der Waals surface area contributed by atoms with Crippen LogP contribution in [0.25, 0.3) is 5.69 Å². The van der Waals surface area contributed by atoms with Gasteiger partial charge in [0.1, 0.15) is 11.9 Å². The van der Waals surface area contributed by atoms with E-state index in [0.717, 1.165) is 22.3 Å². The summed E-state index contributed by atoms with van der Waals surface area (Å²) in [6.45, 7) is 6.14. The van der Waals surface area contributed by atoms with Crippen molar-refractivity contribution >= 4 is 27.8 Å². The molecular weight excluding hydrogens is 386 g/mol. The Kier molecular flexibility index (Phi) is 3.54. The highest BCUT2D eigenvalue weighted by molar-refractivity contribution is 9.10. The average Bonchev–Trinajstić information content (AvgIpc) is 2.85. The molecule has 0 bridgehead atoms. The van der Waals surface area contributed by atoms with E-state index in [4.69, 9.17) is 4.74 Å². The quantitative estimate of drug-likeness (QED) is 0.683. The number of carbonyl (C=O) groups is 2. The molecule has 1 saturated heterocycles. The number of rotatable bonds is 1. The molecule has 3 heterocycles. The number of fused-ring (bicyclic) bond motifs is 5. The van der Waals surface area contributed by atoms with Crippen LogP contribution in [0.2, 0.25) is 0 Å². The number of nitrogens with zero attached hydrogens (tertiary/aromatic N) is 3. The summed E-state index contributed by atoms with van der Waals surface area (Å²) < 4.78 is 8.09. The molecule has 0 spiro atoms. The fourth-order valence-electron chi connectivity index (χ4n) is 3.34. The zero-order valence-electron chi connectivity index (χ0n) is 14.2. The molecule has 25 heavy (non-hydrogen) atoms. The molecule has 1 atom stereocenters. The summed E-state index contributed by atoms with van der Waals surface area (Å²) in [7, 11) is 0. The summed E-state index contributed by atoms with van der Waals surface area (Å²) in [4.78, 5) is 31.7. The van der Waals surface area contributed by atoms with Crippen molar-refractivity contribution in [3.8, 4) is 5.69 Å². The molecule has 0 aliphatic carbocycles. The first-order valence-corrected chi connectivity index (χ1v) is 8.97. The number of ether oxygens (including phenoxy) is 1. The molecule has 4 rings (SSSR count). The summed E-state index contributed by atoms with van der Waals surface area (Å²) in [6.07, 6.45) is 2.41. The number of esters is 1. The van der Waals surface area contributed by atoms with E-state index in [1.807, 2.05) is 43.5 Å². The average molecular weight is 404 g/mol. The number of hydrogen-bond acceptors (Lipinski definition) is 4. The highest BCUT2D eigenvalue weighted by Gasteiger charge is 2.43. The van der Waals surface area contributed by atoms with Gasteiger partial charge in [0.05, 0.1) is 23.0 Å². The summed E-state index contributed by atoms with van der Waals surface area (Å²) in [5, 5.41) is 0. The van der Waals surface area contributed by atoms with Crippen molar-refractivity contribution < 1.29 is 14.3 Å². The molecule has 2 aromatic rings. The molecule has 0 N–H and O–H groups in total. The fourth-order valence-corrected chi connectivity index (χ4v) is 3.86. The zero-order valence-corrected chi connectivity index (χ0v) is 15.8. The molecule has 0 saturated carbocycles. The first-order chi connectivity index (χ1) is 11.8. The third kappa shape index (κ3) is 2.49. The number of imidazole rings is 1. The lowest BCUT2D eigenvalue weighted by molar-refractivity contribution is 0.00537. The van der Waals surface area contributed by atoms with Gasteiger partial charge in [0.25, 0.3) is 5.91 Å². The second kappa shape index (κ2) is 5.42. The molecular formula is C18H18BrN3O3. The van der Waals surface area contributed by atoms with Gasteiger partial charge >= 0.3 is 5.97 Å². The van der Waals surface area contributed by atoms with Crippen LogP contribution in [0.4, 0.5) is 0 Å². The molecule has 1 aromatic heterocycles. The molecule has 130 valence electrons. The van der Waals surface area contributed by atoms with Crippen LogP contribution in [-0.2, 0) is 4.74 Å². The van der Waals surface area contributed by atoms with Gasteiger partial charge in [0, 0.05) is 11.0 Å². The number of halogens is 1. The Hall–Kier alpha value is -2.15. The van der Waals surface area contributed by atoms with E-state index >= 15 is 0 Å². The van der Waals surface area contributed by atoms with Crippen LogP contribution >= 0.6 is 15.9 Å². The van der Waals surface area contributed by atoms with Gasteiger partial charge < -0.3 is 9.64 Å². The topological polar surface area (TPSA) is 64.4 Å². The van der Waals surface area contributed by atoms with Crippen LogP contribution < -0.4 is 0 Å². The van der Waals surface area contributed by atoms with Crippen molar-refractivity contribution in [2.24, 2.45) is 0 Å². The van der Waals surface area contributed by atoms with Crippen molar-refractivity contribution in [2.45, 2.75) is 38.8 Å². The predicted molar refractivity (Wildman–Crippen MR) is 94.8 cm³/mol. The highest BCUT2D eigenvalue weighted by atomic mass is 79.9. The first kappa shape index (κ1) is 16.3. The van der Waals surface area contributed by atoms with Crippen LogP contribution in [0, 0.1) is 0 Å². The van der Waals surface area contributed by atoms with E-state index in [2.05, 4.69) is 20.9 Å².